The summed E-state index contributed by atoms with van der Waals surface area (Å²) in [6, 6.07) is 6.43. The van der Waals surface area contributed by atoms with Crippen LogP contribution in [0, 0.1) is 13.8 Å². The Hall–Kier alpha value is -2.63. The van der Waals surface area contributed by atoms with Crippen molar-refractivity contribution in [1.29, 1.82) is 0 Å². The highest BCUT2D eigenvalue weighted by Crippen LogP contribution is 2.24. The van der Waals surface area contributed by atoms with Gasteiger partial charge < -0.3 is 14.7 Å². The van der Waals surface area contributed by atoms with Gasteiger partial charge in [0, 0.05) is 45.0 Å². The van der Waals surface area contributed by atoms with Gasteiger partial charge in [0.05, 0.1) is 12.4 Å². The molecule has 0 unspecified atom stereocenters. The van der Waals surface area contributed by atoms with Crippen LogP contribution in [0.4, 0.5) is 11.5 Å². The van der Waals surface area contributed by atoms with Crippen molar-refractivity contribution >= 4 is 17.4 Å². The number of aryl methyl sites for hydroxylation is 1. The Kier molecular flexibility index (Phi) is 5.97. The molecule has 6 heteroatoms. The molecule has 0 saturated carbocycles. The number of nitrogens with zero attached hydrogens (tertiary/aromatic N) is 5. The molecule has 6 nitrogen and oxygen atoms in total. The maximum Gasteiger partial charge on any atom is 0.274 e. The molecule has 1 aromatic heterocycles. The summed E-state index contributed by atoms with van der Waals surface area (Å²) in [5, 5.41) is 0. The fraction of sp³-hybridized carbons (Fsp3) is 0.522. The Labute approximate surface area is 173 Å². The fourth-order valence-corrected chi connectivity index (χ4v) is 4.29. The van der Waals surface area contributed by atoms with Gasteiger partial charge in [-0.2, -0.15) is 0 Å². The van der Waals surface area contributed by atoms with Crippen molar-refractivity contribution in [3.63, 3.8) is 0 Å². The highest BCUT2D eigenvalue weighted by atomic mass is 16.2. The van der Waals surface area contributed by atoms with Gasteiger partial charge in [0.1, 0.15) is 11.5 Å². The monoisotopic (exact) mass is 393 g/mol. The molecule has 2 fully saturated rings. The van der Waals surface area contributed by atoms with Gasteiger partial charge in [-0.05, 0) is 43.9 Å². The van der Waals surface area contributed by atoms with E-state index < -0.39 is 0 Å². The fourth-order valence-electron chi connectivity index (χ4n) is 4.29. The normalized spacial score (nSPS) is 17.9. The molecule has 0 spiro atoms. The van der Waals surface area contributed by atoms with Gasteiger partial charge in [-0.3, -0.25) is 4.79 Å². The van der Waals surface area contributed by atoms with Crippen molar-refractivity contribution in [1.82, 2.24) is 14.9 Å². The first-order valence-corrected chi connectivity index (χ1v) is 10.8. The minimum absolute atomic E-state index is 0.0134. The number of amides is 1. The number of piperazine rings is 1. The van der Waals surface area contributed by atoms with Crippen molar-refractivity contribution in [2.24, 2.45) is 0 Å². The second-order valence-electron chi connectivity index (χ2n) is 8.16. The summed E-state index contributed by atoms with van der Waals surface area (Å²) in [5.74, 6) is 0.878. The largest absolute Gasteiger partial charge is 0.368 e. The van der Waals surface area contributed by atoms with Crippen molar-refractivity contribution in [2.75, 3.05) is 49.1 Å². The Balaban J connectivity index is 1.37. The third-order valence-corrected chi connectivity index (χ3v) is 6.27. The molecule has 3 heterocycles. The molecule has 4 rings (SSSR count). The second-order valence-corrected chi connectivity index (χ2v) is 8.16. The summed E-state index contributed by atoms with van der Waals surface area (Å²) < 4.78 is 0. The van der Waals surface area contributed by atoms with Crippen LogP contribution in [0.1, 0.15) is 47.3 Å². The number of benzene rings is 1. The van der Waals surface area contributed by atoms with Crippen molar-refractivity contribution < 1.29 is 4.79 Å². The molecule has 2 saturated heterocycles. The van der Waals surface area contributed by atoms with Gasteiger partial charge in [0.2, 0.25) is 0 Å². The van der Waals surface area contributed by atoms with Crippen LogP contribution in [0.5, 0.6) is 0 Å². The average molecular weight is 394 g/mol. The molecule has 0 bridgehead atoms. The smallest absolute Gasteiger partial charge is 0.274 e. The summed E-state index contributed by atoms with van der Waals surface area (Å²) in [5.41, 5.74) is 4.35. The van der Waals surface area contributed by atoms with Crippen LogP contribution >= 0.6 is 0 Å². The Bertz CT molecular complexity index is 835. The first-order chi connectivity index (χ1) is 14.1. The SMILES string of the molecule is Cc1cccc(N2CCN(C(=O)c3cnc(N4CCCCCC4)cn3)CC2)c1C. The van der Waals surface area contributed by atoms with E-state index in [0.717, 1.165) is 32.0 Å². The van der Waals surface area contributed by atoms with E-state index in [2.05, 4.69) is 51.8 Å². The Morgan fingerprint density at radius 1 is 0.828 bits per heavy atom. The molecule has 29 heavy (non-hydrogen) atoms. The Morgan fingerprint density at radius 2 is 1.55 bits per heavy atom. The van der Waals surface area contributed by atoms with Gasteiger partial charge in [0.25, 0.3) is 5.91 Å². The van der Waals surface area contributed by atoms with Crippen LogP contribution in [0.3, 0.4) is 0 Å². The maximum absolute atomic E-state index is 12.9. The van der Waals surface area contributed by atoms with Gasteiger partial charge in [0.15, 0.2) is 0 Å². The maximum atomic E-state index is 12.9. The predicted octanol–water partition coefficient (Wildman–Crippen LogP) is 3.44. The van der Waals surface area contributed by atoms with E-state index in [4.69, 9.17) is 0 Å². The first kappa shape index (κ1) is 19.7. The summed E-state index contributed by atoms with van der Waals surface area (Å²) in [7, 11) is 0. The van der Waals surface area contributed by atoms with Crippen molar-refractivity contribution in [2.45, 2.75) is 39.5 Å². The lowest BCUT2D eigenvalue weighted by molar-refractivity contribution is 0.0740. The molecule has 1 aromatic carbocycles. The second kappa shape index (κ2) is 8.80. The lowest BCUT2D eigenvalue weighted by Gasteiger charge is -2.37. The number of rotatable bonds is 3. The van der Waals surface area contributed by atoms with E-state index in [1.165, 1.54) is 42.5 Å². The Morgan fingerprint density at radius 3 is 2.21 bits per heavy atom. The summed E-state index contributed by atoms with van der Waals surface area (Å²) >= 11 is 0. The lowest BCUT2D eigenvalue weighted by atomic mass is 10.1. The molecular weight excluding hydrogens is 362 g/mol. The highest BCUT2D eigenvalue weighted by Gasteiger charge is 2.24. The summed E-state index contributed by atoms with van der Waals surface area (Å²) in [6.07, 6.45) is 8.40. The zero-order chi connectivity index (χ0) is 20.2. The number of carbonyl (C=O) groups excluding carboxylic acids is 1. The summed E-state index contributed by atoms with van der Waals surface area (Å²) in [4.78, 5) is 28.5. The number of carbonyl (C=O) groups is 1. The third-order valence-electron chi connectivity index (χ3n) is 6.27. The number of hydrogen-bond donors (Lipinski definition) is 0. The van der Waals surface area contributed by atoms with Crippen molar-refractivity contribution in [3.05, 3.63) is 47.4 Å². The van der Waals surface area contributed by atoms with Gasteiger partial charge in [-0.15, -0.1) is 0 Å². The zero-order valence-corrected chi connectivity index (χ0v) is 17.6. The van der Waals surface area contributed by atoms with Crippen LogP contribution in [-0.4, -0.2) is 60.0 Å². The van der Waals surface area contributed by atoms with Crippen LogP contribution in [0.2, 0.25) is 0 Å². The zero-order valence-electron chi connectivity index (χ0n) is 17.6. The molecular formula is C23H31N5O. The molecule has 2 aliphatic rings. The third kappa shape index (κ3) is 4.36. The topological polar surface area (TPSA) is 52.6 Å². The van der Waals surface area contributed by atoms with Crippen molar-refractivity contribution in [3.8, 4) is 0 Å². The number of anilines is 2. The van der Waals surface area contributed by atoms with Crippen LogP contribution in [-0.2, 0) is 0 Å². The standard InChI is InChI=1S/C23H31N5O/c1-18-8-7-9-21(19(18)2)26-12-14-28(15-13-26)23(29)20-16-25-22(17-24-20)27-10-5-3-4-6-11-27/h7-9,16-17H,3-6,10-15H2,1-2H3. The van der Waals surface area contributed by atoms with Crippen LogP contribution in [0.25, 0.3) is 0 Å². The quantitative estimate of drug-likeness (QED) is 0.800. The number of hydrogen-bond acceptors (Lipinski definition) is 5. The highest BCUT2D eigenvalue weighted by molar-refractivity contribution is 5.92. The van der Waals surface area contributed by atoms with E-state index in [9.17, 15) is 4.79 Å². The lowest BCUT2D eigenvalue weighted by Crippen LogP contribution is -2.49. The van der Waals surface area contributed by atoms with E-state index in [-0.39, 0.29) is 5.91 Å². The minimum atomic E-state index is -0.0134. The molecule has 2 aromatic rings. The van der Waals surface area contributed by atoms with E-state index >= 15 is 0 Å². The molecule has 0 aliphatic carbocycles. The molecule has 0 atom stereocenters. The van der Waals surface area contributed by atoms with E-state index in [1.54, 1.807) is 12.4 Å². The molecule has 154 valence electrons. The van der Waals surface area contributed by atoms with Gasteiger partial charge in [-0.25, -0.2) is 9.97 Å². The molecule has 0 radical (unpaired) electrons. The minimum Gasteiger partial charge on any atom is -0.368 e. The van der Waals surface area contributed by atoms with E-state index in [1.807, 2.05) is 4.90 Å². The number of aromatic nitrogens is 2. The van der Waals surface area contributed by atoms with E-state index in [0.29, 0.717) is 18.8 Å². The summed E-state index contributed by atoms with van der Waals surface area (Å²) in [6.45, 7) is 9.48. The van der Waals surface area contributed by atoms with Crippen LogP contribution < -0.4 is 9.80 Å². The van der Waals surface area contributed by atoms with Crippen LogP contribution in [0.15, 0.2) is 30.6 Å². The molecule has 2 aliphatic heterocycles. The molecule has 0 N–H and O–H groups in total. The molecule has 1 amide bonds. The predicted molar refractivity (Wildman–Crippen MR) is 117 cm³/mol. The van der Waals surface area contributed by atoms with Gasteiger partial charge >= 0.3 is 0 Å². The first-order valence-electron chi connectivity index (χ1n) is 10.8. The van der Waals surface area contributed by atoms with Gasteiger partial charge in [-0.1, -0.05) is 25.0 Å². The average Bonchev–Trinajstić information content (AvgIpc) is 3.05.